The molecular formula is C16H18N2O2. The van der Waals surface area contributed by atoms with Crippen LogP contribution in [0.1, 0.15) is 21.5 Å². The fraction of sp³-hybridized carbons (Fsp3) is 0.188. The van der Waals surface area contributed by atoms with Gasteiger partial charge in [-0.25, -0.2) is 0 Å². The Morgan fingerprint density at radius 3 is 2.50 bits per heavy atom. The molecule has 2 aromatic rings. The molecule has 20 heavy (non-hydrogen) atoms. The molecule has 0 saturated heterocycles. The molecular weight excluding hydrogens is 252 g/mol. The topological polar surface area (TPSA) is 64.3 Å². The van der Waals surface area contributed by atoms with E-state index in [1.165, 1.54) is 0 Å². The van der Waals surface area contributed by atoms with Crippen molar-refractivity contribution in [1.82, 2.24) is 0 Å². The Hall–Kier alpha value is -2.17. The van der Waals surface area contributed by atoms with E-state index >= 15 is 0 Å². The second-order valence-corrected chi connectivity index (χ2v) is 4.45. The lowest BCUT2D eigenvalue weighted by atomic mass is 10.1. The number of nitrogens with one attached hydrogen (secondary N) is 1. The molecule has 0 aliphatic heterocycles. The predicted molar refractivity (Wildman–Crippen MR) is 79.4 cm³/mol. The van der Waals surface area contributed by atoms with Gasteiger partial charge >= 0.3 is 0 Å². The maximum Gasteiger partial charge on any atom is 0.255 e. The van der Waals surface area contributed by atoms with Crippen LogP contribution in [-0.2, 0) is 17.9 Å². The number of carbonyl (C=O) groups is 1. The van der Waals surface area contributed by atoms with Gasteiger partial charge in [0.25, 0.3) is 5.91 Å². The number of para-hydroxylation sites is 1. The Labute approximate surface area is 118 Å². The van der Waals surface area contributed by atoms with E-state index in [9.17, 15) is 4.79 Å². The molecule has 4 nitrogen and oxygen atoms in total. The molecule has 1 amide bonds. The standard InChI is InChI=1S/C16H18N2O2/c1-20-11-14-4-2-3-5-15(14)18-16(19)13-8-6-12(10-17)7-9-13/h2-9H,10-11,17H2,1H3,(H,18,19). The Balaban J connectivity index is 2.14. The van der Waals surface area contributed by atoms with E-state index in [1.807, 2.05) is 36.4 Å². The third-order valence-electron chi connectivity index (χ3n) is 3.02. The zero-order valence-electron chi connectivity index (χ0n) is 11.4. The van der Waals surface area contributed by atoms with Crippen LogP contribution in [0.4, 0.5) is 5.69 Å². The zero-order valence-corrected chi connectivity index (χ0v) is 11.4. The van der Waals surface area contributed by atoms with Crippen molar-refractivity contribution >= 4 is 11.6 Å². The molecule has 2 aromatic carbocycles. The van der Waals surface area contributed by atoms with Crippen LogP contribution in [0, 0.1) is 0 Å². The van der Waals surface area contributed by atoms with Crippen LogP contribution < -0.4 is 11.1 Å². The van der Waals surface area contributed by atoms with Crippen LogP contribution in [0.2, 0.25) is 0 Å². The van der Waals surface area contributed by atoms with Gasteiger partial charge in [0.15, 0.2) is 0 Å². The van der Waals surface area contributed by atoms with Crippen LogP contribution in [0.3, 0.4) is 0 Å². The van der Waals surface area contributed by atoms with E-state index in [-0.39, 0.29) is 5.91 Å². The summed E-state index contributed by atoms with van der Waals surface area (Å²) in [6.07, 6.45) is 0. The van der Waals surface area contributed by atoms with Gasteiger partial charge < -0.3 is 15.8 Å². The number of hydrogen-bond acceptors (Lipinski definition) is 3. The van der Waals surface area contributed by atoms with Crippen LogP contribution >= 0.6 is 0 Å². The molecule has 0 heterocycles. The minimum atomic E-state index is -0.142. The van der Waals surface area contributed by atoms with E-state index in [1.54, 1.807) is 19.2 Å². The predicted octanol–water partition coefficient (Wildman–Crippen LogP) is 2.54. The van der Waals surface area contributed by atoms with Gasteiger partial charge in [0, 0.05) is 30.5 Å². The summed E-state index contributed by atoms with van der Waals surface area (Å²) >= 11 is 0. The first-order valence-corrected chi connectivity index (χ1v) is 6.42. The van der Waals surface area contributed by atoms with E-state index in [0.29, 0.717) is 18.7 Å². The summed E-state index contributed by atoms with van der Waals surface area (Å²) in [7, 11) is 1.63. The number of carbonyl (C=O) groups excluding carboxylic acids is 1. The molecule has 0 aromatic heterocycles. The molecule has 0 unspecified atom stereocenters. The van der Waals surface area contributed by atoms with Crippen LogP contribution in [0.15, 0.2) is 48.5 Å². The number of amides is 1. The van der Waals surface area contributed by atoms with Gasteiger partial charge in [-0.05, 0) is 23.8 Å². The van der Waals surface area contributed by atoms with E-state index in [0.717, 1.165) is 16.8 Å². The molecule has 0 saturated carbocycles. The minimum Gasteiger partial charge on any atom is -0.380 e. The summed E-state index contributed by atoms with van der Waals surface area (Å²) in [6.45, 7) is 0.932. The third kappa shape index (κ3) is 3.44. The summed E-state index contributed by atoms with van der Waals surface area (Å²) in [4.78, 5) is 12.2. The number of hydrogen-bond donors (Lipinski definition) is 2. The molecule has 3 N–H and O–H groups in total. The highest BCUT2D eigenvalue weighted by molar-refractivity contribution is 6.04. The Kier molecular flexibility index (Phi) is 4.87. The van der Waals surface area contributed by atoms with E-state index in [4.69, 9.17) is 10.5 Å². The molecule has 0 atom stereocenters. The zero-order chi connectivity index (χ0) is 14.4. The summed E-state index contributed by atoms with van der Waals surface area (Å²) in [5.41, 5.74) is 8.86. The fourth-order valence-electron chi connectivity index (χ4n) is 1.91. The van der Waals surface area contributed by atoms with Gasteiger partial charge in [0.2, 0.25) is 0 Å². The lowest BCUT2D eigenvalue weighted by Crippen LogP contribution is -2.13. The number of methoxy groups -OCH3 is 1. The van der Waals surface area contributed by atoms with Gasteiger partial charge in [0.05, 0.1) is 6.61 Å². The number of rotatable bonds is 5. The van der Waals surface area contributed by atoms with Gasteiger partial charge in [-0.3, -0.25) is 4.79 Å². The second-order valence-electron chi connectivity index (χ2n) is 4.45. The molecule has 0 fully saturated rings. The van der Waals surface area contributed by atoms with Gasteiger partial charge in [-0.2, -0.15) is 0 Å². The number of ether oxygens (including phenoxy) is 1. The van der Waals surface area contributed by atoms with Crippen molar-refractivity contribution in [2.75, 3.05) is 12.4 Å². The SMILES string of the molecule is COCc1ccccc1NC(=O)c1ccc(CN)cc1. The maximum atomic E-state index is 12.2. The monoisotopic (exact) mass is 270 g/mol. The third-order valence-corrected chi connectivity index (χ3v) is 3.02. The molecule has 2 rings (SSSR count). The van der Waals surface area contributed by atoms with Crippen LogP contribution in [-0.4, -0.2) is 13.0 Å². The average Bonchev–Trinajstić information content (AvgIpc) is 2.49. The first-order chi connectivity index (χ1) is 9.74. The second kappa shape index (κ2) is 6.84. The van der Waals surface area contributed by atoms with Crippen molar-refractivity contribution in [3.63, 3.8) is 0 Å². The molecule has 104 valence electrons. The smallest absolute Gasteiger partial charge is 0.255 e. The van der Waals surface area contributed by atoms with Crippen molar-refractivity contribution in [3.8, 4) is 0 Å². The first kappa shape index (κ1) is 14.2. The van der Waals surface area contributed by atoms with Crippen molar-refractivity contribution < 1.29 is 9.53 Å². The summed E-state index contributed by atoms with van der Waals surface area (Å²) in [6, 6.07) is 14.8. The van der Waals surface area contributed by atoms with Crippen molar-refractivity contribution in [1.29, 1.82) is 0 Å². The number of anilines is 1. The molecule has 0 spiro atoms. The summed E-state index contributed by atoms with van der Waals surface area (Å²) < 4.78 is 5.12. The number of nitrogens with two attached hydrogens (primary N) is 1. The highest BCUT2D eigenvalue weighted by Gasteiger charge is 2.08. The van der Waals surface area contributed by atoms with Crippen LogP contribution in [0.25, 0.3) is 0 Å². The molecule has 0 aliphatic rings. The Morgan fingerprint density at radius 2 is 1.85 bits per heavy atom. The van der Waals surface area contributed by atoms with Gasteiger partial charge in [0.1, 0.15) is 0 Å². The Bertz CT molecular complexity index is 579. The normalized spacial score (nSPS) is 10.3. The highest BCUT2D eigenvalue weighted by atomic mass is 16.5. The van der Waals surface area contributed by atoms with Gasteiger partial charge in [-0.1, -0.05) is 30.3 Å². The van der Waals surface area contributed by atoms with E-state index in [2.05, 4.69) is 5.32 Å². The van der Waals surface area contributed by atoms with Crippen molar-refractivity contribution in [2.24, 2.45) is 5.73 Å². The molecule has 0 bridgehead atoms. The lowest BCUT2D eigenvalue weighted by Gasteiger charge is -2.10. The van der Waals surface area contributed by atoms with Crippen LogP contribution in [0.5, 0.6) is 0 Å². The van der Waals surface area contributed by atoms with Gasteiger partial charge in [-0.15, -0.1) is 0 Å². The largest absolute Gasteiger partial charge is 0.380 e. The van der Waals surface area contributed by atoms with E-state index < -0.39 is 0 Å². The summed E-state index contributed by atoms with van der Waals surface area (Å²) in [5, 5.41) is 2.90. The fourth-order valence-corrected chi connectivity index (χ4v) is 1.91. The molecule has 0 aliphatic carbocycles. The number of benzene rings is 2. The maximum absolute atomic E-state index is 12.2. The van der Waals surface area contributed by atoms with Crippen molar-refractivity contribution in [2.45, 2.75) is 13.2 Å². The minimum absolute atomic E-state index is 0.142. The highest BCUT2D eigenvalue weighted by Crippen LogP contribution is 2.17. The Morgan fingerprint density at radius 1 is 1.15 bits per heavy atom. The average molecular weight is 270 g/mol. The summed E-state index contributed by atoms with van der Waals surface area (Å²) in [5.74, 6) is -0.142. The first-order valence-electron chi connectivity index (χ1n) is 6.42. The molecule has 4 heteroatoms. The lowest BCUT2D eigenvalue weighted by molar-refractivity contribution is 0.102. The van der Waals surface area contributed by atoms with Crippen molar-refractivity contribution in [3.05, 3.63) is 65.2 Å². The quantitative estimate of drug-likeness (QED) is 0.877. The molecule has 0 radical (unpaired) electrons.